The molecule has 0 bridgehead atoms. The Morgan fingerprint density at radius 1 is 1.07 bits per heavy atom. The van der Waals surface area contributed by atoms with Gasteiger partial charge in [0.15, 0.2) is 0 Å². The van der Waals surface area contributed by atoms with Crippen molar-refractivity contribution in [3.05, 3.63) is 99.1 Å². The van der Waals surface area contributed by atoms with Gasteiger partial charge in [0.05, 0.1) is 12.3 Å². The van der Waals surface area contributed by atoms with Crippen molar-refractivity contribution < 1.29 is 9.53 Å². The summed E-state index contributed by atoms with van der Waals surface area (Å²) in [4.78, 5) is 19.6. The van der Waals surface area contributed by atoms with Crippen LogP contribution in [0.5, 0.6) is 5.75 Å². The molecule has 30 heavy (non-hydrogen) atoms. The Morgan fingerprint density at radius 3 is 2.47 bits per heavy atom. The second-order valence-corrected chi connectivity index (χ2v) is 7.95. The van der Waals surface area contributed by atoms with Crippen LogP contribution in [0.15, 0.2) is 88.0 Å². The highest BCUT2D eigenvalue weighted by atomic mass is 79.9. The van der Waals surface area contributed by atoms with E-state index in [4.69, 9.17) is 16.3 Å². The average Bonchev–Trinajstić information content (AvgIpc) is 3.06. The van der Waals surface area contributed by atoms with Gasteiger partial charge in [0.1, 0.15) is 17.3 Å². The number of benzene rings is 3. The number of aliphatic imine (C=N–C) groups is 1. The molecule has 0 radical (unpaired) electrons. The number of ether oxygens (including phenoxy) is 1. The van der Waals surface area contributed by atoms with Crippen LogP contribution in [-0.2, 0) is 4.79 Å². The average molecular weight is 482 g/mol. The minimum Gasteiger partial charge on any atom is -0.494 e. The van der Waals surface area contributed by atoms with Gasteiger partial charge in [-0.15, -0.1) is 0 Å². The molecule has 1 amide bonds. The molecule has 0 saturated heterocycles. The predicted molar refractivity (Wildman–Crippen MR) is 125 cm³/mol. The molecule has 4 rings (SSSR count). The summed E-state index contributed by atoms with van der Waals surface area (Å²) in [6.45, 7) is 2.55. The van der Waals surface area contributed by atoms with Gasteiger partial charge in [-0.3, -0.25) is 9.69 Å². The predicted octanol–water partition coefficient (Wildman–Crippen LogP) is 6.34. The number of carbonyl (C=O) groups excluding carboxylic acids is 1. The van der Waals surface area contributed by atoms with E-state index in [1.54, 1.807) is 23.1 Å². The van der Waals surface area contributed by atoms with E-state index in [1.807, 2.05) is 67.6 Å². The summed E-state index contributed by atoms with van der Waals surface area (Å²) in [7, 11) is 0. The minimum absolute atomic E-state index is 0.188. The fourth-order valence-corrected chi connectivity index (χ4v) is 3.66. The van der Waals surface area contributed by atoms with Crippen LogP contribution in [0.1, 0.15) is 18.1 Å². The SMILES string of the molecule is CCOc1ccc(/C=C2/N=C(c3ccc(Cl)cc3)N(c3cccc(Br)c3)C2=O)cc1. The van der Waals surface area contributed by atoms with E-state index < -0.39 is 0 Å². The summed E-state index contributed by atoms with van der Waals surface area (Å²) in [5.41, 5.74) is 2.78. The number of carbonyl (C=O) groups is 1. The molecule has 3 aromatic carbocycles. The van der Waals surface area contributed by atoms with Crippen LogP contribution in [0.25, 0.3) is 6.08 Å². The van der Waals surface area contributed by atoms with Gasteiger partial charge < -0.3 is 4.74 Å². The molecule has 1 aliphatic heterocycles. The standard InChI is InChI=1S/C24H18BrClN2O2/c1-2-30-21-12-6-16(7-13-21)14-22-24(29)28(20-5-3-4-18(25)15-20)23(27-22)17-8-10-19(26)11-9-17/h3-15H,2H2,1H3/b22-14+. The second kappa shape index (κ2) is 8.86. The zero-order valence-corrected chi connectivity index (χ0v) is 18.5. The number of hydrogen-bond donors (Lipinski definition) is 0. The number of amides is 1. The summed E-state index contributed by atoms with van der Waals surface area (Å²) in [6.07, 6.45) is 1.78. The molecular formula is C24H18BrClN2O2. The highest BCUT2D eigenvalue weighted by Gasteiger charge is 2.32. The van der Waals surface area contributed by atoms with Gasteiger partial charge in [0.2, 0.25) is 0 Å². The first-order valence-electron chi connectivity index (χ1n) is 9.44. The van der Waals surface area contributed by atoms with Gasteiger partial charge >= 0.3 is 0 Å². The van der Waals surface area contributed by atoms with Crippen molar-refractivity contribution >= 4 is 51.0 Å². The molecular weight excluding hydrogens is 464 g/mol. The number of anilines is 1. The lowest BCUT2D eigenvalue weighted by Gasteiger charge is -2.18. The topological polar surface area (TPSA) is 41.9 Å². The van der Waals surface area contributed by atoms with Crippen molar-refractivity contribution in [3.8, 4) is 5.75 Å². The maximum atomic E-state index is 13.3. The number of halogens is 2. The van der Waals surface area contributed by atoms with E-state index in [1.165, 1.54) is 0 Å². The van der Waals surface area contributed by atoms with E-state index in [-0.39, 0.29) is 5.91 Å². The second-order valence-electron chi connectivity index (χ2n) is 6.59. The van der Waals surface area contributed by atoms with Crippen molar-refractivity contribution in [1.29, 1.82) is 0 Å². The fourth-order valence-electron chi connectivity index (χ4n) is 3.15. The first kappa shape index (κ1) is 20.4. The van der Waals surface area contributed by atoms with E-state index in [2.05, 4.69) is 20.9 Å². The Hall–Kier alpha value is -2.89. The van der Waals surface area contributed by atoms with Crippen molar-refractivity contribution in [1.82, 2.24) is 0 Å². The zero-order valence-electron chi connectivity index (χ0n) is 16.2. The van der Waals surface area contributed by atoms with Gasteiger partial charge in [-0.05, 0) is 73.2 Å². The van der Waals surface area contributed by atoms with Crippen molar-refractivity contribution in [2.24, 2.45) is 4.99 Å². The van der Waals surface area contributed by atoms with E-state index in [9.17, 15) is 4.79 Å². The van der Waals surface area contributed by atoms with Crippen LogP contribution in [0, 0.1) is 0 Å². The molecule has 0 N–H and O–H groups in total. The van der Waals surface area contributed by atoms with Crippen LogP contribution in [0.4, 0.5) is 5.69 Å². The van der Waals surface area contributed by atoms with Gasteiger partial charge in [-0.2, -0.15) is 0 Å². The Labute approximate surface area is 188 Å². The van der Waals surface area contributed by atoms with E-state index in [0.29, 0.717) is 23.2 Å². The normalized spacial score (nSPS) is 14.9. The molecule has 0 aliphatic carbocycles. The smallest absolute Gasteiger partial charge is 0.282 e. The number of amidine groups is 1. The van der Waals surface area contributed by atoms with Crippen LogP contribution < -0.4 is 9.64 Å². The quantitative estimate of drug-likeness (QED) is 0.399. The molecule has 1 heterocycles. The third-order valence-electron chi connectivity index (χ3n) is 4.52. The number of hydrogen-bond acceptors (Lipinski definition) is 3. The van der Waals surface area contributed by atoms with Crippen molar-refractivity contribution in [2.75, 3.05) is 11.5 Å². The summed E-state index contributed by atoms with van der Waals surface area (Å²) < 4.78 is 6.37. The highest BCUT2D eigenvalue weighted by Crippen LogP contribution is 2.30. The summed E-state index contributed by atoms with van der Waals surface area (Å²) in [5, 5.41) is 0.628. The molecule has 3 aromatic rings. The van der Waals surface area contributed by atoms with Crippen LogP contribution in [0.2, 0.25) is 5.02 Å². The van der Waals surface area contributed by atoms with Crippen molar-refractivity contribution in [3.63, 3.8) is 0 Å². The van der Waals surface area contributed by atoms with Crippen LogP contribution in [-0.4, -0.2) is 18.3 Å². The van der Waals surface area contributed by atoms with E-state index >= 15 is 0 Å². The molecule has 0 unspecified atom stereocenters. The Kier molecular flexibility index (Phi) is 6.02. The molecule has 0 aromatic heterocycles. The molecule has 0 atom stereocenters. The van der Waals surface area contributed by atoms with Crippen LogP contribution >= 0.6 is 27.5 Å². The number of nitrogens with zero attached hydrogens (tertiary/aromatic N) is 2. The van der Waals surface area contributed by atoms with Crippen LogP contribution in [0.3, 0.4) is 0 Å². The molecule has 1 aliphatic rings. The molecule has 0 fully saturated rings. The zero-order chi connectivity index (χ0) is 21.1. The largest absolute Gasteiger partial charge is 0.494 e. The maximum Gasteiger partial charge on any atom is 0.282 e. The van der Waals surface area contributed by atoms with E-state index in [0.717, 1.165) is 27.0 Å². The summed E-state index contributed by atoms with van der Waals surface area (Å²) in [6, 6.07) is 22.5. The number of rotatable bonds is 5. The lowest BCUT2D eigenvalue weighted by Crippen LogP contribution is -2.32. The first-order chi connectivity index (χ1) is 14.5. The monoisotopic (exact) mass is 480 g/mol. The highest BCUT2D eigenvalue weighted by molar-refractivity contribution is 9.10. The Balaban J connectivity index is 1.76. The first-order valence-corrected chi connectivity index (χ1v) is 10.6. The molecule has 6 heteroatoms. The molecule has 0 spiro atoms. The maximum absolute atomic E-state index is 13.3. The summed E-state index contributed by atoms with van der Waals surface area (Å²) in [5.74, 6) is 1.16. The lowest BCUT2D eigenvalue weighted by atomic mass is 10.1. The fraction of sp³-hybridized carbons (Fsp3) is 0.0833. The van der Waals surface area contributed by atoms with Gasteiger partial charge in [0.25, 0.3) is 5.91 Å². The molecule has 150 valence electrons. The molecule has 0 saturated carbocycles. The Morgan fingerprint density at radius 2 is 1.80 bits per heavy atom. The summed E-state index contributed by atoms with van der Waals surface area (Å²) >= 11 is 9.53. The van der Waals surface area contributed by atoms with Gasteiger partial charge in [-0.25, -0.2) is 4.99 Å². The van der Waals surface area contributed by atoms with Gasteiger partial charge in [0, 0.05) is 15.1 Å². The third kappa shape index (κ3) is 4.32. The Bertz CT molecular complexity index is 1140. The minimum atomic E-state index is -0.188. The molecule has 4 nitrogen and oxygen atoms in total. The van der Waals surface area contributed by atoms with Crippen molar-refractivity contribution in [2.45, 2.75) is 6.92 Å². The third-order valence-corrected chi connectivity index (χ3v) is 5.27. The van der Waals surface area contributed by atoms with Gasteiger partial charge in [-0.1, -0.05) is 45.7 Å². The lowest BCUT2D eigenvalue weighted by molar-refractivity contribution is -0.113.